The van der Waals surface area contributed by atoms with E-state index in [0.717, 1.165) is 16.0 Å². The number of nitrogens with one attached hydrogen (secondary N) is 1. The molecular weight excluding hydrogens is 270 g/mol. The molecule has 0 bridgehead atoms. The van der Waals surface area contributed by atoms with Gasteiger partial charge in [-0.15, -0.1) is 0 Å². The Morgan fingerprint density at radius 3 is 2.62 bits per heavy atom. The van der Waals surface area contributed by atoms with Crippen LogP contribution in [0.1, 0.15) is 12.6 Å². The quantitative estimate of drug-likeness (QED) is 0.865. The Morgan fingerprint density at radius 2 is 2.12 bits per heavy atom. The van der Waals surface area contributed by atoms with Crippen molar-refractivity contribution in [2.75, 3.05) is 19.4 Å². The van der Waals surface area contributed by atoms with Gasteiger partial charge in [0.25, 0.3) is 0 Å². The van der Waals surface area contributed by atoms with Crippen molar-refractivity contribution in [3.63, 3.8) is 0 Å². The van der Waals surface area contributed by atoms with Crippen molar-refractivity contribution in [1.29, 1.82) is 0 Å². The predicted octanol–water partition coefficient (Wildman–Crippen LogP) is 2.04. The molecule has 1 aromatic heterocycles. The minimum atomic E-state index is -0.253. The molecule has 1 amide bonds. The van der Waals surface area contributed by atoms with Gasteiger partial charge in [0.15, 0.2) is 0 Å². The molecule has 0 aliphatic heterocycles. The Morgan fingerprint density at radius 1 is 1.50 bits per heavy atom. The molecule has 1 atom stereocenters. The maximum Gasteiger partial charge on any atom is 0.244 e. The summed E-state index contributed by atoms with van der Waals surface area (Å²) in [5.41, 5.74) is 1.75. The first kappa shape index (κ1) is 13.0. The van der Waals surface area contributed by atoms with Crippen molar-refractivity contribution >= 4 is 27.5 Å². The molecule has 5 heteroatoms. The Kier molecular flexibility index (Phi) is 4.29. The molecule has 0 aliphatic rings. The summed E-state index contributed by atoms with van der Waals surface area (Å²) in [6.07, 6.45) is 0. The van der Waals surface area contributed by atoms with Gasteiger partial charge in [-0.25, -0.2) is 4.98 Å². The van der Waals surface area contributed by atoms with Gasteiger partial charge in [-0.3, -0.25) is 4.79 Å². The highest BCUT2D eigenvalue weighted by Gasteiger charge is 2.15. The topological polar surface area (TPSA) is 45.2 Å². The molecule has 0 saturated heterocycles. The normalized spacial score (nSPS) is 12.1. The summed E-state index contributed by atoms with van der Waals surface area (Å²) in [6.45, 7) is 3.74. The van der Waals surface area contributed by atoms with E-state index in [1.54, 1.807) is 19.0 Å². The van der Waals surface area contributed by atoms with E-state index in [1.807, 2.05) is 26.0 Å². The number of anilines is 1. The maximum atomic E-state index is 11.7. The monoisotopic (exact) mass is 285 g/mol. The number of halogens is 1. The summed E-state index contributed by atoms with van der Waals surface area (Å²) >= 11 is 3.30. The number of carbonyl (C=O) groups is 1. The van der Waals surface area contributed by atoms with E-state index in [1.165, 1.54) is 0 Å². The zero-order chi connectivity index (χ0) is 12.3. The number of aryl methyl sites for hydroxylation is 1. The minimum absolute atomic E-state index is 0.0438. The molecule has 0 spiro atoms. The van der Waals surface area contributed by atoms with Gasteiger partial charge in [0.05, 0.1) is 11.4 Å². The van der Waals surface area contributed by atoms with E-state index in [9.17, 15) is 4.79 Å². The van der Waals surface area contributed by atoms with Crippen molar-refractivity contribution < 1.29 is 4.79 Å². The molecule has 0 aromatic carbocycles. The SMILES string of the molecule is Cc1nc(Br)ccc1NC(C)C(=O)N(C)C. The summed E-state index contributed by atoms with van der Waals surface area (Å²) in [5.74, 6) is 0.0438. The summed E-state index contributed by atoms with van der Waals surface area (Å²) in [4.78, 5) is 17.5. The summed E-state index contributed by atoms with van der Waals surface area (Å²) < 4.78 is 0.794. The van der Waals surface area contributed by atoms with Crippen molar-refractivity contribution in [3.05, 3.63) is 22.4 Å². The van der Waals surface area contributed by atoms with E-state index in [-0.39, 0.29) is 11.9 Å². The molecule has 1 rings (SSSR count). The minimum Gasteiger partial charge on any atom is -0.372 e. The molecule has 1 aromatic rings. The highest BCUT2D eigenvalue weighted by Crippen LogP contribution is 2.17. The Labute approximate surface area is 104 Å². The second-order valence-corrected chi connectivity index (χ2v) is 4.68. The van der Waals surface area contributed by atoms with Crippen LogP contribution in [0.4, 0.5) is 5.69 Å². The smallest absolute Gasteiger partial charge is 0.244 e. The van der Waals surface area contributed by atoms with Crippen molar-refractivity contribution in [2.24, 2.45) is 0 Å². The zero-order valence-electron chi connectivity index (χ0n) is 9.91. The van der Waals surface area contributed by atoms with Crippen LogP contribution in [0.15, 0.2) is 16.7 Å². The van der Waals surface area contributed by atoms with Gasteiger partial charge in [0.2, 0.25) is 5.91 Å². The van der Waals surface area contributed by atoms with E-state index in [2.05, 4.69) is 26.2 Å². The second kappa shape index (κ2) is 5.30. The number of rotatable bonds is 3. The van der Waals surface area contributed by atoms with Gasteiger partial charge < -0.3 is 10.2 Å². The van der Waals surface area contributed by atoms with E-state index in [0.29, 0.717) is 0 Å². The molecule has 0 saturated carbocycles. The third-order valence-corrected chi connectivity index (χ3v) is 2.68. The third kappa shape index (κ3) is 3.20. The fourth-order valence-electron chi connectivity index (χ4n) is 1.37. The second-order valence-electron chi connectivity index (χ2n) is 3.87. The number of likely N-dealkylation sites (N-methyl/N-ethyl adjacent to an activating group) is 1. The van der Waals surface area contributed by atoms with Crippen LogP contribution in [0.2, 0.25) is 0 Å². The standard InChI is InChI=1S/C11H16BrN3O/c1-7-9(5-6-10(12)14-7)13-8(2)11(16)15(3)4/h5-6,8,13H,1-4H3. The first-order chi connectivity index (χ1) is 7.41. The lowest BCUT2D eigenvalue weighted by atomic mass is 10.2. The van der Waals surface area contributed by atoms with Crippen molar-refractivity contribution in [1.82, 2.24) is 9.88 Å². The van der Waals surface area contributed by atoms with Crippen LogP contribution < -0.4 is 5.32 Å². The van der Waals surface area contributed by atoms with Crippen molar-refractivity contribution in [2.45, 2.75) is 19.9 Å². The lowest BCUT2D eigenvalue weighted by molar-refractivity contribution is -0.129. The number of hydrogen-bond acceptors (Lipinski definition) is 3. The summed E-state index contributed by atoms with van der Waals surface area (Å²) in [7, 11) is 3.49. The Balaban J connectivity index is 2.77. The number of carbonyl (C=O) groups excluding carboxylic acids is 1. The van der Waals surface area contributed by atoms with E-state index >= 15 is 0 Å². The molecule has 4 nitrogen and oxygen atoms in total. The van der Waals surface area contributed by atoms with Gasteiger partial charge in [0.1, 0.15) is 10.6 Å². The van der Waals surface area contributed by atoms with Crippen LogP contribution in [0.5, 0.6) is 0 Å². The van der Waals surface area contributed by atoms with Gasteiger partial charge in [0, 0.05) is 14.1 Å². The molecule has 0 radical (unpaired) electrons. The first-order valence-electron chi connectivity index (χ1n) is 5.02. The molecule has 16 heavy (non-hydrogen) atoms. The molecule has 0 fully saturated rings. The molecule has 1 N–H and O–H groups in total. The van der Waals surface area contributed by atoms with E-state index in [4.69, 9.17) is 0 Å². The van der Waals surface area contributed by atoms with Gasteiger partial charge in [-0.2, -0.15) is 0 Å². The Bertz CT molecular complexity index is 393. The zero-order valence-corrected chi connectivity index (χ0v) is 11.5. The van der Waals surface area contributed by atoms with Crippen LogP contribution in [-0.4, -0.2) is 35.9 Å². The fourth-order valence-corrected chi connectivity index (χ4v) is 1.76. The summed E-state index contributed by atoms with van der Waals surface area (Å²) in [5, 5.41) is 3.14. The van der Waals surface area contributed by atoms with Crippen molar-refractivity contribution in [3.8, 4) is 0 Å². The largest absolute Gasteiger partial charge is 0.372 e. The molecule has 0 aliphatic carbocycles. The molecule has 88 valence electrons. The maximum absolute atomic E-state index is 11.7. The molecule has 1 unspecified atom stereocenters. The van der Waals surface area contributed by atoms with Gasteiger partial charge in [-0.05, 0) is 41.9 Å². The highest BCUT2D eigenvalue weighted by atomic mass is 79.9. The third-order valence-electron chi connectivity index (χ3n) is 2.24. The van der Waals surface area contributed by atoms with Crippen LogP contribution in [0.25, 0.3) is 0 Å². The van der Waals surface area contributed by atoms with Crippen LogP contribution in [0.3, 0.4) is 0 Å². The molecular formula is C11H16BrN3O. The number of amides is 1. The van der Waals surface area contributed by atoms with Crippen LogP contribution >= 0.6 is 15.9 Å². The lowest BCUT2D eigenvalue weighted by Gasteiger charge is -2.19. The first-order valence-corrected chi connectivity index (χ1v) is 5.82. The predicted molar refractivity (Wildman–Crippen MR) is 68.5 cm³/mol. The average Bonchev–Trinajstić information content (AvgIpc) is 2.20. The lowest BCUT2D eigenvalue weighted by Crippen LogP contribution is -2.36. The summed E-state index contributed by atoms with van der Waals surface area (Å²) in [6, 6.07) is 3.50. The number of aromatic nitrogens is 1. The van der Waals surface area contributed by atoms with E-state index < -0.39 is 0 Å². The van der Waals surface area contributed by atoms with Gasteiger partial charge >= 0.3 is 0 Å². The fraction of sp³-hybridized carbons (Fsp3) is 0.455. The average molecular weight is 286 g/mol. The highest BCUT2D eigenvalue weighted by molar-refractivity contribution is 9.10. The number of nitrogens with zero attached hydrogens (tertiary/aromatic N) is 2. The number of pyridine rings is 1. The Hall–Kier alpha value is -1.10. The van der Waals surface area contributed by atoms with Gasteiger partial charge in [-0.1, -0.05) is 0 Å². The number of hydrogen-bond donors (Lipinski definition) is 1. The van der Waals surface area contributed by atoms with Crippen LogP contribution in [0, 0.1) is 6.92 Å². The molecule has 1 heterocycles. The van der Waals surface area contributed by atoms with Crippen LogP contribution in [-0.2, 0) is 4.79 Å².